The molecule has 71 valence electrons. The lowest BCUT2D eigenvalue weighted by Crippen LogP contribution is -1.98. The van der Waals surface area contributed by atoms with Gasteiger partial charge in [-0.1, -0.05) is 0 Å². The fraction of sp³-hybridized carbons (Fsp3) is 0.333. The van der Waals surface area contributed by atoms with Crippen molar-refractivity contribution in [3.05, 3.63) is 35.1 Å². The summed E-state index contributed by atoms with van der Waals surface area (Å²) in [5.41, 5.74) is -0.211. The molecule has 13 heavy (non-hydrogen) atoms. The predicted octanol–water partition coefficient (Wildman–Crippen LogP) is 2.47. The SMILES string of the molecule is [O]CCCc1c(F)cc(F)cc1F. The Balaban J connectivity index is 2.92. The fourth-order valence-corrected chi connectivity index (χ4v) is 1.06. The Morgan fingerprint density at radius 2 is 1.62 bits per heavy atom. The molecular formula is C9H8F3O. The van der Waals surface area contributed by atoms with Crippen molar-refractivity contribution in [3.63, 3.8) is 0 Å². The average Bonchev–Trinajstić information content (AvgIpc) is 2.02. The molecule has 0 atom stereocenters. The van der Waals surface area contributed by atoms with E-state index in [9.17, 15) is 18.3 Å². The van der Waals surface area contributed by atoms with Crippen LogP contribution in [0.2, 0.25) is 0 Å². The van der Waals surface area contributed by atoms with Crippen molar-refractivity contribution < 1.29 is 18.3 Å². The maximum Gasteiger partial charge on any atom is 0.132 e. The van der Waals surface area contributed by atoms with E-state index >= 15 is 0 Å². The zero-order chi connectivity index (χ0) is 9.84. The summed E-state index contributed by atoms with van der Waals surface area (Å²) in [4.78, 5) is 0. The molecule has 0 unspecified atom stereocenters. The molecule has 1 aromatic carbocycles. The number of hydrogen-bond donors (Lipinski definition) is 0. The van der Waals surface area contributed by atoms with Gasteiger partial charge in [-0.05, 0) is 12.8 Å². The number of benzene rings is 1. The number of halogens is 3. The average molecular weight is 189 g/mol. The largest absolute Gasteiger partial charge is 0.237 e. The van der Waals surface area contributed by atoms with E-state index in [1.807, 2.05) is 0 Å². The normalized spacial score (nSPS) is 10.5. The summed E-state index contributed by atoms with van der Waals surface area (Å²) in [7, 11) is 0. The molecule has 0 aliphatic heterocycles. The topological polar surface area (TPSA) is 19.9 Å². The van der Waals surface area contributed by atoms with E-state index in [1.165, 1.54) is 0 Å². The quantitative estimate of drug-likeness (QED) is 0.696. The Morgan fingerprint density at radius 3 is 2.08 bits per heavy atom. The van der Waals surface area contributed by atoms with Crippen molar-refractivity contribution in [1.29, 1.82) is 0 Å². The molecule has 0 saturated carbocycles. The van der Waals surface area contributed by atoms with Gasteiger partial charge in [0.25, 0.3) is 0 Å². The third kappa shape index (κ3) is 2.45. The minimum Gasteiger partial charge on any atom is -0.237 e. The number of rotatable bonds is 3. The minimum atomic E-state index is -0.944. The van der Waals surface area contributed by atoms with E-state index in [4.69, 9.17) is 0 Å². The standard InChI is InChI=1S/C9H8F3O/c10-6-4-8(11)7(2-1-3-13)9(12)5-6/h4-5H,1-3H2. The highest BCUT2D eigenvalue weighted by Crippen LogP contribution is 2.16. The van der Waals surface area contributed by atoms with E-state index in [0.717, 1.165) is 0 Å². The van der Waals surface area contributed by atoms with Gasteiger partial charge in [0.15, 0.2) is 0 Å². The van der Waals surface area contributed by atoms with Crippen LogP contribution in [-0.2, 0) is 11.5 Å². The van der Waals surface area contributed by atoms with Gasteiger partial charge in [0.05, 0.1) is 6.61 Å². The summed E-state index contributed by atoms with van der Waals surface area (Å²) in [5, 5.41) is 10.1. The Morgan fingerprint density at radius 1 is 1.08 bits per heavy atom. The number of hydrogen-bond acceptors (Lipinski definition) is 0. The molecule has 1 radical (unpaired) electrons. The maximum atomic E-state index is 12.9. The van der Waals surface area contributed by atoms with E-state index in [1.54, 1.807) is 0 Å². The summed E-state index contributed by atoms with van der Waals surface area (Å²) in [6.07, 6.45) is 0.168. The maximum absolute atomic E-state index is 12.9. The van der Waals surface area contributed by atoms with Gasteiger partial charge < -0.3 is 0 Å². The lowest BCUT2D eigenvalue weighted by molar-refractivity contribution is 0.188. The molecule has 0 aliphatic carbocycles. The smallest absolute Gasteiger partial charge is 0.132 e. The molecule has 0 aromatic heterocycles. The van der Waals surface area contributed by atoms with Crippen molar-refractivity contribution >= 4 is 0 Å². The summed E-state index contributed by atoms with van der Waals surface area (Å²) in [6, 6.07) is 1.23. The molecule has 0 heterocycles. The zero-order valence-corrected chi connectivity index (χ0v) is 6.82. The van der Waals surface area contributed by atoms with E-state index < -0.39 is 24.1 Å². The van der Waals surface area contributed by atoms with E-state index in [-0.39, 0.29) is 18.4 Å². The summed E-state index contributed by atoms with van der Waals surface area (Å²) < 4.78 is 38.1. The Hall–Kier alpha value is -1.03. The molecule has 1 aromatic rings. The highest BCUT2D eigenvalue weighted by molar-refractivity contribution is 5.20. The first-order chi connectivity index (χ1) is 6.15. The molecule has 0 N–H and O–H groups in total. The van der Waals surface area contributed by atoms with Gasteiger partial charge in [0.1, 0.15) is 17.5 Å². The highest BCUT2D eigenvalue weighted by Gasteiger charge is 2.10. The van der Waals surface area contributed by atoms with Crippen LogP contribution in [0.1, 0.15) is 12.0 Å². The van der Waals surface area contributed by atoms with Gasteiger partial charge in [0, 0.05) is 17.7 Å². The Kier molecular flexibility index (Phi) is 3.31. The van der Waals surface area contributed by atoms with Crippen LogP contribution in [0.4, 0.5) is 13.2 Å². The van der Waals surface area contributed by atoms with Crippen molar-refractivity contribution in [2.45, 2.75) is 12.8 Å². The first-order valence-corrected chi connectivity index (χ1v) is 3.86. The minimum absolute atomic E-state index is 0.0153. The van der Waals surface area contributed by atoms with Crippen molar-refractivity contribution in [2.75, 3.05) is 6.61 Å². The highest BCUT2D eigenvalue weighted by atomic mass is 19.1. The molecular weight excluding hydrogens is 181 g/mol. The van der Waals surface area contributed by atoms with Crippen LogP contribution in [0.3, 0.4) is 0 Å². The lowest BCUT2D eigenvalue weighted by atomic mass is 10.1. The molecule has 1 rings (SSSR count). The van der Waals surface area contributed by atoms with E-state index in [2.05, 4.69) is 0 Å². The van der Waals surface area contributed by atoms with Crippen LogP contribution in [0.25, 0.3) is 0 Å². The van der Waals surface area contributed by atoms with Gasteiger partial charge in [-0.3, -0.25) is 0 Å². The van der Waals surface area contributed by atoms with Crippen LogP contribution >= 0.6 is 0 Å². The van der Waals surface area contributed by atoms with Crippen LogP contribution in [0.15, 0.2) is 12.1 Å². The van der Waals surface area contributed by atoms with Gasteiger partial charge in [0.2, 0.25) is 0 Å². The van der Waals surface area contributed by atoms with Crippen LogP contribution in [0.5, 0.6) is 0 Å². The molecule has 0 amide bonds. The van der Waals surface area contributed by atoms with Gasteiger partial charge in [-0.2, -0.15) is 0 Å². The van der Waals surface area contributed by atoms with E-state index in [0.29, 0.717) is 12.1 Å². The molecule has 0 spiro atoms. The van der Waals surface area contributed by atoms with Crippen molar-refractivity contribution in [1.82, 2.24) is 0 Å². The summed E-state index contributed by atoms with van der Waals surface area (Å²) >= 11 is 0. The predicted molar refractivity (Wildman–Crippen MR) is 40.2 cm³/mol. The van der Waals surface area contributed by atoms with Crippen LogP contribution in [-0.4, -0.2) is 6.61 Å². The second-order valence-electron chi connectivity index (χ2n) is 2.66. The second-order valence-corrected chi connectivity index (χ2v) is 2.66. The molecule has 0 saturated heterocycles. The van der Waals surface area contributed by atoms with Crippen LogP contribution in [0, 0.1) is 17.5 Å². The lowest BCUT2D eigenvalue weighted by Gasteiger charge is -2.02. The summed E-state index contributed by atoms with van der Waals surface area (Å²) in [6.45, 7) is -0.393. The molecule has 1 nitrogen and oxygen atoms in total. The van der Waals surface area contributed by atoms with Crippen molar-refractivity contribution in [3.8, 4) is 0 Å². The first-order valence-electron chi connectivity index (χ1n) is 3.86. The third-order valence-electron chi connectivity index (χ3n) is 1.68. The fourth-order valence-electron chi connectivity index (χ4n) is 1.06. The third-order valence-corrected chi connectivity index (χ3v) is 1.68. The first kappa shape index (κ1) is 10.1. The summed E-state index contributed by atoms with van der Waals surface area (Å²) in [5.74, 6) is -2.79. The molecule has 0 fully saturated rings. The Labute approximate surface area is 73.8 Å². The molecule has 0 bridgehead atoms. The van der Waals surface area contributed by atoms with Crippen molar-refractivity contribution in [2.24, 2.45) is 0 Å². The molecule has 4 heteroatoms. The van der Waals surface area contributed by atoms with Gasteiger partial charge in [-0.25, -0.2) is 18.3 Å². The van der Waals surface area contributed by atoms with Crippen LogP contribution < -0.4 is 0 Å². The van der Waals surface area contributed by atoms with Gasteiger partial charge in [-0.15, -0.1) is 0 Å². The molecule has 0 aliphatic rings. The Bertz CT molecular complexity index is 276. The zero-order valence-electron chi connectivity index (χ0n) is 6.82. The monoisotopic (exact) mass is 189 g/mol. The van der Waals surface area contributed by atoms with Gasteiger partial charge >= 0.3 is 0 Å². The second kappa shape index (κ2) is 4.28.